The minimum atomic E-state index is -5.08. The number of Topliss-reactive ketones (excluding diaryl/α,β-unsaturated/α-hetero) is 1. The van der Waals surface area contributed by atoms with Crippen LogP contribution < -0.4 is 26.0 Å². The number of benzene rings is 5. The number of carboxylic acid groups (broad SMARTS) is 1. The highest BCUT2D eigenvalue weighted by Crippen LogP contribution is 2.41. The van der Waals surface area contributed by atoms with Gasteiger partial charge in [0.05, 0.1) is 93.0 Å². The first-order chi connectivity index (χ1) is 41.7. The van der Waals surface area contributed by atoms with Gasteiger partial charge in [-0.15, -0.1) is 10.2 Å². The van der Waals surface area contributed by atoms with Crippen LogP contribution in [0.25, 0.3) is 40.0 Å². The lowest BCUT2D eigenvalue weighted by molar-refractivity contribution is -0.192. The van der Waals surface area contributed by atoms with E-state index in [0.29, 0.717) is 75.7 Å². The monoisotopic (exact) mass is 1200 g/mol. The predicted molar refractivity (Wildman–Crippen MR) is 312 cm³/mol. The third-order valence-corrected chi connectivity index (χ3v) is 13.7. The summed E-state index contributed by atoms with van der Waals surface area (Å²) in [6.45, 7) is 7.13. The van der Waals surface area contributed by atoms with E-state index in [4.69, 9.17) is 33.6 Å². The first-order valence-electron chi connectivity index (χ1n) is 26.9. The van der Waals surface area contributed by atoms with Crippen LogP contribution in [0.2, 0.25) is 0 Å². The van der Waals surface area contributed by atoms with E-state index in [1.807, 2.05) is 97.3 Å². The molecule has 0 saturated heterocycles. The molecule has 0 radical (unpaired) electrons. The first kappa shape index (κ1) is 60.9. The molecule has 86 heavy (non-hydrogen) atoms. The number of para-hydroxylation sites is 1. The number of anilines is 1. The topological polar surface area (TPSA) is 289 Å². The number of allylic oxidation sites excluding steroid dienone is 1. The van der Waals surface area contributed by atoms with Crippen molar-refractivity contribution in [2.75, 3.05) is 90.9 Å². The number of ether oxygens (including phenoxy) is 5. The number of carboxylic acids is 1. The van der Waals surface area contributed by atoms with Crippen molar-refractivity contribution in [2.45, 2.75) is 13.1 Å². The molecule has 6 N–H and O–H groups in total. The van der Waals surface area contributed by atoms with Gasteiger partial charge in [-0.2, -0.15) is 13.2 Å². The van der Waals surface area contributed by atoms with Crippen LogP contribution in [0.5, 0.6) is 11.5 Å². The van der Waals surface area contributed by atoms with E-state index in [2.05, 4.69) is 51.9 Å². The van der Waals surface area contributed by atoms with Gasteiger partial charge in [0.25, 0.3) is 5.91 Å². The molecule has 0 aliphatic carbocycles. The van der Waals surface area contributed by atoms with Gasteiger partial charge in [0.1, 0.15) is 35.2 Å². The summed E-state index contributed by atoms with van der Waals surface area (Å²) < 4.78 is 63.1. The number of nitrogens with zero attached hydrogens (tertiary/aromatic N) is 8. The second kappa shape index (κ2) is 29.2. The predicted octanol–water partition coefficient (Wildman–Crippen LogP) is 6.62. The number of hydrogen-bond donors (Lipinski definition) is 6. The van der Waals surface area contributed by atoms with Crippen molar-refractivity contribution in [3.05, 3.63) is 165 Å². The molecule has 0 fully saturated rings. The number of amidine groups is 2. The largest absolute Gasteiger partial charge is 0.504 e. The number of rotatable bonds is 25. The average Bonchev–Trinajstić information content (AvgIpc) is 3.88. The van der Waals surface area contributed by atoms with Gasteiger partial charge >= 0.3 is 18.1 Å². The molecule has 1 amide bonds. The number of aromatic nitrogens is 6. The third-order valence-electron chi connectivity index (χ3n) is 12.6. The molecule has 5 heterocycles. The van der Waals surface area contributed by atoms with Crippen molar-refractivity contribution in [1.82, 2.24) is 45.9 Å². The maximum Gasteiger partial charge on any atom is 0.490 e. The molecular weight excluding hydrogens is 1140 g/mol. The summed E-state index contributed by atoms with van der Waals surface area (Å²) in [4.78, 5) is 58.0. The third kappa shape index (κ3) is 16.3. The van der Waals surface area contributed by atoms with Crippen molar-refractivity contribution in [1.29, 1.82) is 0 Å². The SMILES string of the molecule is CCOC(=O)C1=C(Nc2ccccc2)S/C(=C\c2ccc(OCCOCCOCCOCCNC(=O)c3cc(-c4cn(-c5ccc(C6=NCCN6)cc5)nn4)cc(-c4cn(-c5ccc(C6=NCCN6)cc5)nn4)c3)c(O)c2)C1=O.O=C(O)C(F)(F)F. The number of phenolic OH excluding ortho intramolecular Hbond substituents is 1. The van der Waals surface area contributed by atoms with Gasteiger partial charge in [-0.3, -0.25) is 19.6 Å². The number of halogens is 3. The van der Waals surface area contributed by atoms with E-state index >= 15 is 0 Å². The number of aromatic hydroxyl groups is 1. The van der Waals surface area contributed by atoms with Gasteiger partial charge in [0, 0.05) is 53.1 Å². The van der Waals surface area contributed by atoms with Crippen LogP contribution in [0.15, 0.2) is 153 Å². The number of esters is 1. The normalized spacial score (nSPS) is 14.2. The Morgan fingerprint density at radius 3 is 1.77 bits per heavy atom. The Balaban J connectivity index is 0.00000119. The lowest BCUT2D eigenvalue weighted by Crippen LogP contribution is -2.27. The smallest absolute Gasteiger partial charge is 0.490 e. The Morgan fingerprint density at radius 1 is 0.709 bits per heavy atom. The van der Waals surface area contributed by atoms with Crippen LogP contribution in [-0.4, -0.2) is 167 Å². The number of nitrogens with one attached hydrogen (secondary N) is 4. The number of amides is 1. The Kier molecular flexibility index (Phi) is 20.7. The molecule has 3 aliphatic rings. The summed E-state index contributed by atoms with van der Waals surface area (Å²) in [5, 5.41) is 48.7. The molecule has 5 aromatic carbocycles. The Bertz CT molecular complexity index is 3540. The minimum Gasteiger partial charge on any atom is -0.504 e. The molecule has 446 valence electrons. The lowest BCUT2D eigenvalue weighted by atomic mass is 10.0. The minimum absolute atomic E-state index is 0.0728. The standard InChI is InChI=1S/C57H56N12O9S.C2HF3O2/c1-2-77-57(73)51-52(71)50(79-56(51)63-43-6-4-3-5-7-43)31-37-8-17-49(48(70)30-37)78-29-28-76-27-26-75-25-24-74-23-22-62-55(72)42-33-40(46-35-68(66-64-46)44-13-9-38(10-14-44)53-58-18-19-59-53)32-41(34-42)47-36-69(67-65-47)45-15-11-39(12-16-45)54-60-20-21-61-54;3-2(4,5)1(6)7/h3-17,30-36,63,70H,2,18-29H2,1H3,(H,58,59)(H,60,61)(H,62,72);(H,6,7)/b50-31-;. The zero-order valence-electron chi connectivity index (χ0n) is 46.1. The van der Waals surface area contributed by atoms with E-state index < -0.39 is 23.9 Å². The fourth-order valence-electron chi connectivity index (χ4n) is 8.47. The number of phenols is 1. The van der Waals surface area contributed by atoms with Crippen molar-refractivity contribution in [3.63, 3.8) is 0 Å². The van der Waals surface area contributed by atoms with Gasteiger partial charge in [0.2, 0.25) is 5.78 Å². The highest BCUT2D eigenvalue weighted by molar-refractivity contribution is 8.08. The van der Waals surface area contributed by atoms with Crippen LogP contribution in [0, 0.1) is 0 Å². The number of thioether (sulfide) groups is 1. The maximum absolute atomic E-state index is 13.7. The molecule has 0 spiro atoms. The summed E-state index contributed by atoms with van der Waals surface area (Å²) in [6.07, 6.45) is 0.159. The van der Waals surface area contributed by atoms with Crippen molar-refractivity contribution in [3.8, 4) is 45.4 Å². The number of carbonyl (C=O) groups is 4. The molecule has 0 saturated carbocycles. The second-order valence-corrected chi connectivity index (χ2v) is 19.7. The second-order valence-electron chi connectivity index (χ2n) is 18.6. The molecule has 27 heteroatoms. The number of hydrogen-bond acceptors (Lipinski definition) is 20. The zero-order valence-corrected chi connectivity index (χ0v) is 46.9. The highest BCUT2D eigenvalue weighted by Gasteiger charge is 2.38. The maximum atomic E-state index is 13.7. The molecule has 23 nitrogen and oxygen atoms in total. The van der Waals surface area contributed by atoms with Gasteiger partial charge in [-0.05, 0) is 110 Å². The summed E-state index contributed by atoms with van der Waals surface area (Å²) >= 11 is 1.12. The van der Waals surface area contributed by atoms with E-state index in [9.17, 15) is 32.7 Å². The summed E-state index contributed by atoms with van der Waals surface area (Å²) in [6, 6.07) is 35.3. The van der Waals surface area contributed by atoms with E-state index in [1.165, 1.54) is 6.07 Å². The first-order valence-corrected chi connectivity index (χ1v) is 27.8. The van der Waals surface area contributed by atoms with Crippen LogP contribution in [-0.2, 0) is 33.3 Å². The van der Waals surface area contributed by atoms with Gasteiger partial charge in [0.15, 0.2) is 11.5 Å². The lowest BCUT2D eigenvalue weighted by Gasteiger charge is -2.10. The fraction of sp³-hybridized carbons (Fsp3) is 0.254. The van der Waals surface area contributed by atoms with Crippen molar-refractivity contribution in [2.24, 2.45) is 9.98 Å². The number of ketones is 1. The van der Waals surface area contributed by atoms with E-state index in [-0.39, 0.29) is 56.0 Å². The average molecular weight is 1200 g/mol. The van der Waals surface area contributed by atoms with Crippen molar-refractivity contribution < 1.29 is 66.2 Å². The molecule has 10 rings (SSSR count). The molecule has 0 unspecified atom stereocenters. The van der Waals surface area contributed by atoms with Crippen molar-refractivity contribution >= 4 is 58.8 Å². The summed E-state index contributed by atoms with van der Waals surface area (Å²) in [7, 11) is 0. The van der Waals surface area contributed by atoms with E-state index in [1.54, 1.807) is 46.6 Å². The van der Waals surface area contributed by atoms with Gasteiger partial charge in [-0.1, -0.05) is 46.5 Å². The van der Waals surface area contributed by atoms with E-state index in [0.717, 1.165) is 72.1 Å². The molecule has 7 aromatic rings. The van der Waals surface area contributed by atoms with Gasteiger partial charge < -0.3 is 55.2 Å². The number of aliphatic imine (C=N–C) groups is 2. The quantitative estimate of drug-likeness (QED) is 0.0152. The Labute approximate surface area is 494 Å². The molecule has 2 aromatic heterocycles. The summed E-state index contributed by atoms with van der Waals surface area (Å²) in [5.74, 6) is -2.37. The van der Waals surface area contributed by atoms with Crippen LogP contribution >= 0.6 is 11.8 Å². The number of alkyl halides is 3. The molecule has 0 bridgehead atoms. The van der Waals surface area contributed by atoms with Crippen LogP contribution in [0.1, 0.15) is 34.0 Å². The Hall–Kier alpha value is -9.70. The highest BCUT2D eigenvalue weighted by atomic mass is 32.2. The van der Waals surface area contributed by atoms with Crippen LogP contribution in [0.4, 0.5) is 18.9 Å². The zero-order chi connectivity index (χ0) is 60.4. The fourth-order valence-corrected chi connectivity index (χ4v) is 9.53. The van der Waals surface area contributed by atoms with Gasteiger partial charge in [-0.25, -0.2) is 19.0 Å². The van der Waals surface area contributed by atoms with Crippen LogP contribution in [0.3, 0.4) is 0 Å². The molecule has 3 aliphatic heterocycles. The molecule has 0 atom stereocenters. The molecular formula is C59H57F3N12O11S. The number of aliphatic carboxylic acids is 1. The Morgan fingerprint density at radius 2 is 1.26 bits per heavy atom. The summed E-state index contributed by atoms with van der Waals surface area (Å²) in [5.41, 5.74) is 7.66. The number of carbonyl (C=O) groups excluding carboxylic acids is 3.